The first-order chi connectivity index (χ1) is 7.22. The van der Waals surface area contributed by atoms with Crippen molar-refractivity contribution >= 4 is 24.2 Å². The smallest absolute Gasteiger partial charge is 0.188 e. The molecule has 1 nitrogen and oxygen atoms in total. The summed E-state index contributed by atoms with van der Waals surface area (Å²) in [4.78, 5) is 10.2. The topological polar surface area (TPSA) is 20.2 Å². The van der Waals surface area contributed by atoms with E-state index in [1.807, 2.05) is 13.1 Å². The zero-order chi connectivity index (χ0) is 12.4. The average Bonchev–Trinajstić information content (AvgIpc) is 2.15. The minimum atomic E-state index is -2.06. The SMILES string of the molecule is CC(C)(CCc1ccc(Br)cc1)[Si](C)(C)O. The lowest BCUT2D eigenvalue weighted by molar-refractivity contribution is 0.451. The first-order valence-electron chi connectivity index (χ1n) is 5.69. The van der Waals surface area contributed by atoms with Crippen LogP contribution >= 0.6 is 15.9 Å². The van der Waals surface area contributed by atoms with Crippen LogP contribution in [0, 0.1) is 0 Å². The minimum absolute atomic E-state index is 0.0695. The van der Waals surface area contributed by atoms with Crippen LogP contribution in [-0.2, 0) is 6.42 Å². The predicted octanol–water partition coefficient (Wildman–Crippen LogP) is 4.36. The third kappa shape index (κ3) is 3.72. The Kier molecular flexibility index (Phi) is 4.38. The van der Waals surface area contributed by atoms with Crippen LogP contribution in [0.5, 0.6) is 0 Å². The highest BCUT2D eigenvalue weighted by molar-refractivity contribution is 9.10. The highest BCUT2D eigenvalue weighted by Crippen LogP contribution is 2.39. The third-order valence-electron chi connectivity index (χ3n) is 3.61. The molecule has 0 aliphatic carbocycles. The van der Waals surface area contributed by atoms with E-state index < -0.39 is 8.32 Å². The van der Waals surface area contributed by atoms with Gasteiger partial charge in [0, 0.05) is 4.47 Å². The van der Waals surface area contributed by atoms with Crippen molar-refractivity contribution < 1.29 is 4.80 Å². The Morgan fingerprint density at radius 2 is 1.69 bits per heavy atom. The van der Waals surface area contributed by atoms with Gasteiger partial charge in [0.25, 0.3) is 0 Å². The van der Waals surface area contributed by atoms with E-state index in [4.69, 9.17) is 0 Å². The van der Waals surface area contributed by atoms with Gasteiger partial charge in [0.1, 0.15) is 0 Å². The third-order valence-corrected chi connectivity index (χ3v) is 7.70. The van der Waals surface area contributed by atoms with Crippen molar-refractivity contribution in [3.8, 4) is 0 Å². The van der Waals surface area contributed by atoms with Crippen molar-refractivity contribution in [1.29, 1.82) is 0 Å². The molecule has 1 N–H and O–H groups in total. The van der Waals surface area contributed by atoms with Gasteiger partial charge in [0.15, 0.2) is 8.32 Å². The molecule has 0 amide bonds. The van der Waals surface area contributed by atoms with Gasteiger partial charge in [-0.2, -0.15) is 0 Å². The summed E-state index contributed by atoms with van der Waals surface area (Å²) in [6, 6.07) is 8.44. The second-order valence-corrected chi connectivity index (χ2v) is 11.0. The van der Waals surface area contributed by atoms with Crippen molar-refractivity contribution in [2.75, 3.05) is 0 Å². The van der Waals surface area contributed by atoms with Crippen LogP contribution in [0.3, 0.4) is 0 Å². The number of hydrogen-bond acceptors (Lipinski definition) is 1. The Hall–Kier alpha value is -0.123. The molecule has 3 heteroatoms. The molecule has 0 aliphatic heterocycles. The van der Waals surface area contributed by atoms with Crippen molar-refractivity contribution in [3.05, 3.63) is 34.3 Å². The highest BCUT2D eigenvalue weighted by atomic mass is 79.9. The molecule has 0 radical (unpaired) electrons. The van der Waals surface area contributed by atoms with Gasteiger partial charge >= 0.3 is 0 Å². The van der Waals surface area contributed by atoms with E-state index in [-0.39, 0.29) is 5.04 Å². The fourth-order valence-corrected chi connectivity index (χ4v) is 2.41. The second kappa shape index (κ2) is 5.03. The monoisotopic (exact) mass is 300 g/mol. The molecule has 0 aromatic heterocycles. The van der Waals surface area contributed by atoms with Crippen LogP contribution < -0.4 is 0 Å². The summed E-state index contributed by atoms with van der Waals surface area (Å²) >= 11 is 3.43. The fraction of sp³-hybridized carbons (Fsp3) is 0.538. The van der Waals surface area contributed by atoms with Crippen molar-refractivity contribution in [2.45, 2.75) is 44.8 Å². The van der Waals surface area contributed by atoms with Crippen molar-refractivity contribution in [3.63, 3.8) is 0 Å². The zero-order valence-corrected chi connectivity index (χ0v) is 13.1. The normalized spacial score (nSPS) is 12.9. The fourth-order valence-electron chi connectivity index (χ4n) is 1.41. The molecule has 0 saturated heterocycles. The summed E-state index contributed by atoms with van der Waals surface area (Å²) < 4.78 is 1.12. The number of benzene rings is 1. The van der Waals surface area contributed by atoms with Gasteiger partial charge < -0.3 is 4.80 Å². The standard InChI is InChI=1S/C13H21BrOSi/c1-13(2,16(3,4)15)10-9-11-5-7-12(14)8-6-11/h5-8,15H,9-10H2,1-4H3. The molecule has 1 rings (SSSR count). The van der Waals surface area contributed by atoms with Gasteiger partial charge in [-0.05, 0) is 48.7 Å². The van der Waals surface area contributed by atoms with Crippen LogP contribution in [0.25, 0.3) is 0 Å². The van der Waals surface area contributed by atoms with Crippen LogP contribution in [0.1, 0.15) is 25.8 Å². The molecular formula is C13H21BrOSi. The quantitative estimate of drug-likeness (QED) is 0.819. The van der Waals surface area contributed by atoms with Gasteiger partial charge in [-0.25, -0.2) is 0 Å². The largest absolute Gasteiger partial charge is 0.432 e. The van der Waals surface area contributed by atoms with Gasteiger partial charge in [0.05, 0.1) is 0 Å². The van der Waals surface area contributed by atoms with Crippen molar-refractivity contribution in [2.24, 2.45) is 0 Å². The summed E-state index contributed by atoms with van der Waals surface area (Å²) in [6.07, 6.45) is 2.08. The molecular weight excluding hydrogens is 280 g/mol. The average molecular weight is 301 g/mol. The molecule has 0 saturated carbocycles. The van der Waals surface area contributed by atoms with Crippen LogP contribution in [0.2, 0.25) is 18.1 Å². The van der Waals surface area contributed by atoms with Gasteiger partial charge in [-0.3, -0.25) is 0 Å². The molecule has 16 heavy (non-hydrogen) atoms. The van der Waals surface area contributed by atoms with Gasteiger partial charge in [-0.15, -0.1) is 0 Å². The minimum Gasteiger partial charge on any atom is -0.432 e. The highest BCUT2D eigenvalue weighted by Gasteiger charge is 2.37. The molecule has 1 aromatic rings. The Morgan fingerprint density at radius 1 is 1.19 bits per heavy atom. The second-order valence-electron chi connectivity index (χ2n) is 5.57. The first-order valence-corrected chi connectivity index (χ1v) is 9.43. The summed E-state index contributed by atoms with van der Waals surface area (Å²) in [5.41, 5.74) is 1.34. The molecule has 0 aliphatic rings. The Labute approximate surface area is 108 Å². The molecule has 90 valence electrons. The number of halogens is 1. The summed E-state index contributed by atoms with van der Waals surface area (Å²) in [7, 11) is -2.06. The van der Waals surface area contributed by atoms with E-state index >= 15 is 0 Å². The lowest BCUT2D eigenvalue weighted by atomic mass is 10.0. The molecule has 0 atom stereocenters. The summed E-state index contributed by atoms with van der Waals surface area (Å²) in [5, 5.41) is 0.0695. The zero-order valence-electron chi connectivity index (χ0n) is 10.5. The van der Waals surface area contributed by atoms with Gasteiger partial charge in [0.2, 0.25) is 0 Å². The van der Waals surface area contributed by atoms with Crippen LogP contribution in [0.15, 0.2) is 28.7 Å². The maximum Gasteiger partial charge on any atom is 0.188 e. The molecule has 0 heterocycles. The van der Waals surface area contributed by atoms with Crippen LogP contribution in [-0.4, -0.2) is 13.1 Å². The van der Waals surface area contributed by atoms with E-state index in [1.54, 1.807) is 0 Å². The van der Waals surface area contributed by atoms with E-state index in [9.17, 15) is 4.80 Å². The summed E-state index contributed by atoms with van der Waals surface area (Å²) in [5.74, 6) is 0. The van der Waals surface area contributed by atoms with E-state index in [2.05, 4.69) is 54.0 Å². The first kappa shape index (κ1) is 13.9. The van der Waals surface area contributed by atoms with E-state index in [1.165, 1.54) is 5.56 Å². The molecule has 0 spiro atoms. The lowest BCUT2D eigenvalue weighted by Crippen LogP contribution is -2.39. The molecule has 0 fully saturated rings. The number of rotatable bonds is 4. The van der Waals surface area contributed by atoms with E-state index in [0.717, 1.165) is 17.3 Å². The predicted molar refractivity (Wildman–Crippen MR) is 76.2 cm³/mol. The van der Waals surface area contributed by atoms with E-state index in [0.29, 0.717) is 0 Å². The van der Waals surface area contributed by atoms with Crippen LogP contribution in [0.4, 0.5) is 0 Å². The number of hydrogen-bond donors (Lipinski definition) is 1. The van der Waals surface area contributed by atoms with Crippen molar-refractivity contribution in [1.82, 2.24) is 0 Å². The lowest BCUT2D eigenvalue weighted by Gasteiger charge is -2.35. The molecule has 0 bridgehead atoms. The molecule has 1 aromatic carbocycles. The molecule has 0 unspecified atom stereocenters. The maximum absolute atomic E-state index is 10.2. The summed E-state index contributed by atoms with van der Waals surface area (Å²) in [6.45, 7) is 8.40. The Bertz CT molecular complexity index is 338. The van der Waals surface area contributed by atoms with Gasteiger partial charge in [-0.1, -0.05) is 41.9 Å². The maximum atomic E-state index is 10.2. The Morgan fingerprint density at radius 3 is 2.12 bits per heavy atom. The number of aryl methyl sites for hydroxylation is 1. The Balaban J connectivity index is 2.61.